The van der Waals surface area contributed by atoms with E-state index in [9.17, 15) is 14.7 Å². The van der Waals surface area contributed by atoms with Gasteiger partial charge in [0.2, 0.25) is 6.79 Å². The van der Waals surface area contributed by atoms with Gasteiger partial charge in [-0.3, -0.25) is 9.59 Å². The number of hydrogen-bond acceptors (Lipinski definition) is 5. The number of rotatable bonds is 5. The average molecular weight is 450 g/mol. The molecule has 162 valence electrons. The summed E-state index contributed by atoms with van der Waals surface area (Å²) >= 11 is 5.93. The molecule has 3 aromatic rings. The predicted molar refractivity (Wildman–Crippen MR) is 119 cm³/mol. The van der Waals surface area contributed by atoms with E-state index in [4.69, 9.17) is 21.1 Å². The van der Waals surface area contributed by atoms with Crippen molar-refractivity contribution in [3.63, 3.8) is 0 Å². The van der Waals surface area contributed by atoms with E-state index in [0.717, 1.165) is 5.56 Å². The number of ketones is 1. The first-order valence-electron chi connectivity index (χ1n) is 10.2. The van der Waals surface area contributed by atoms with Crippen LogP contribution >= 0.6 is 11.6 Å². The molecule has 0 bridgehead atoms. The summed E-state index contributed by atoms with van der Waals surface area (Å²) in [5.74, 6) is -0.605. The molecule has 2 aliphatic rings. The van der Waals surface area contributed by atoms with Crippen molar-refractivity contribution in [2.24, 2.45) is 5.92 Å². The molecular formula is C25H20ClNO5. The number of fused-ring (bicyclic) bond motifs is 2. The minimum absolute atomic E-state index is 0.161. The molecule has 2 heterocycles. The number of halogens is 1. The molecular weight excluding hydrogens is 430 g/mol. The Balaban J connectivity index is 1.50. The van der Waals surface area contributed by atoms with Crippen LogP contribution in [-0.4, -0.2) is 23.6 Å². The third kappa shape index (κ3) is 3.15. The fourth-order valence-corrected chi connectivity index (χ4v) is 4.44. The SMILES string of the molecule is C[C@H](C(=O)c1ccc(Cl)cc1)[C@]1(O)C(=O)N(Cc2ccc3c(c2)OCO3)c2ccccc21. The number of carbonyl (C=O) groups is 2. The minimum atomic E-state index is -1.98. The lowest BCUT2D eigenvalue weighted by Crippen LogP contribution is -2.47. The maximum absolute atomic E-state index is 13.6. The topological polar surface area (TPSA) is 76.1 Å². The summed E-state index contributed by atoms with van der Waals surface area (Å²) < 4.78 is 10.8. The number of anilines is 1. The molecule has 0 fully saturated rings. The highest BCUT2D eigenvalue weighted by Crippen LogP contribution is 2.46. The molecule has 5 rings (SSSR count). The molecule has 0 saturated carbocycles. The van der Waals surface area contributed by atoms with Crippen LogP contribution in [0.3, 0.4) is 0 Å². The van der Waals surface area contributed by atoms with E-state index in [1.54, 1.807) is 61.5 Å². The van der Waals surface area contributed by atoms with Gasteiger partial charge in [0.1, 0.15) is 0 Å². The largest absolute Gasteiger partial charge is 0.454 e. The first-order chi connectivity index (χ1) is 15.4. The maximum Gasteiger partial charge on any atom is 0.264 e. The van der Waals surface area contributed by atoms with Crippen LogP contribution in [0.5, 0.6) is 11.5 Å². The van der Waals surface area contributed by atoms with E-state index in [1.165, 1.54) is 4.90 Å². The standard InChI is InChI=1S/C25H20ClNO5/c1-15(23(28)17-7-9-18(26)10-8-17)25(30)19-4-2-3-5-20(19)27(24(25)29)13-16-6-11-21-22(12-16)32-14-31-21/h2-12,15,30H,13-14H2,1H3/t15-,25-/m1/s1. The molecule has 32 heavy (non-hydrogen) atoms. The number of amides is 1. The molecule has 0 spiro atoms. The van der Waals surface area contributed by atoms with Crippen molar-refractivity contribution in [3.8, 4) is 11.5 Å². The number of para-hydroxylation sites is 1. The number of carbonyl (C=O) groups excluding carboxylic acids is 2. The molecule has 2 atom stereocenters. The lowest BCUT2D eigenvalue weighted by atomic mass is 9.79. The molecule has 1 amide bonds. The summed E-state index contributed by atoms with van der Waals surface area (Å²) in [5, 5.41) is 12.2. The van der Waals surface area contributed by atoms with Gasteiger partial charge in [-0.15, -0.1) is 0 Å². The summed E-state index contributed by atoms with van der Waals surface area (Å²) in [6, 6.07) is 18.9. The Hall–Kier alpha value is -3.35. The molecule has 6 nitrogen and oxygen atoms in total. The Morgan fingerprint density at radius 3 is 2.59 bits per heavy atom. The van der Waals surface area contributed by atoms with E-state index in [2.05, 4.69) is 0 Å². The maximum atomic E-state index is 13.6. The van der Waals surface area contributed by atoms with Crippen molar-refractivity contribution < 1.29 is 24.2 Å². The first-order valence-corrected chi connectivity index (χ1v) is 10.6. The van der Waals surface area contributed by atoms with Gasteiger partial charge in [0, 0.05) is 16.1 Å². The second kappa shape index (κ2) is 7.65. The van der Waals surface area contributed by atoms with E-state index < -0.39 is 17.4 Å². The van der Waals surface area contributed by atoms with Gasteiger partial charge in [-0.2, -0.15) is 0 Å². The van der Waals surface area contributed by atoms with Crippen molar-refractivity contribution in [1.82, 2.24) is 0 Å². The summed E-state index contributed by atoms with van der Waals surface area (Å²) in [4.78, 5) is 28.3. The van der Waals surface area contributed by atoms with Gasteiger partial charge < -0.3 is 19.5 Å². The zero-order chi connectivity index (χ0) is 22.5. The normalized spacial score (nSPS) is 19.7. The predicted octanol–water partition coefficient (Wildman–Crippen LogP) is 4.32. The van der Waals surface area contributed by atoms with Crippen molar-refractivity contribution in [1.29, 1.82) is 0 Å². The zero-order valence-electron chi connectivity index (χ0n) is 17.2. The van der Waals surface area contributed by atoms with E-state index in [1.807, 2.05) is 12.1 Å². The van der Waals surface area contributed by atoms with Gasteiger partial charge in [-0.1, -0.05) is 42.8 Å². The smallest absolute Gasteiger partial charge is 0.264 e. The van der Waals surface area contributed by atoms with Gasteiger partial charge in [-0.25, -0.2) is 0 Å². The summed E-state index contributed by atoms with van der Waals surface area (Å²) in [6.45, 7) is 1.96. The highest BCUT2D eigenvalue weighted by molar-refractivity contribution is 6.30. The molecule has 0 saturated heterocycles. The summed E-state index contributed by atoms with van der Waals surface area (Å²) in [6.07, 6.45) is 0. The number of benzene rings is 3. The Labute approximate surface area is 189 Å². The van der Waals surface area contributed by atoms with Crippen molar-refractivity contribution in [2.75, 3.05) is 11.7 Å². The molecule has 3 aromatic carbocycles. The van der Waals surface area contributed by atoms with E-state index in [0.29, 0.717) is 33.3 Å². The van der Waals surface area contributed by atoms with Gasteiger partial charge in [0.15, 0.2) is 22.9 Å². The number of ether oxygens (including phenoxy) is 2. The molecule has 0 unspecified atom stereocenters. The van der Waals surface area contributed by atoms with Gasteiger partial charge >= 0.3 is 0 Å². The van der Waals surface area contributed by atoms with E-state index in [-0.39, 0.29) is 19.1 Å². The molecule has 7 heteroatoms. The Morgan fingerprint density at radius 2 is 1.81 bits per heavy atom. The molecule has 2 aliphatic heterocycles. The van der Waals surface area contributed by atoms with Crippen LogP contribution in [-0.2, 0) is 16.9 Å². The third-order valence-electron chi connectivity index (χ3n) is 6.10. The van der Waals surface area contributed by atoms with Crippen LogP contribution in [0.25, 0.3) is 0 Å². The lowest BCUT2D eigenvalue weighted by molar-refractivity contribution is -0.139. The second-order valence-corrected chi connectivity index (χ2v) is 8.39. The van der Waals surface area contributed by atoms with Crippen LogP contribution in [0.1, 0.15) is 28.4 Å². The second-order valence-electron chi connectivity index (χ2n) is 7.96. The van der Waals surface area contributed by atoms with Crippen molar-refractivity contribution in [2.45, 2.75) is 19.1 Å². The fraction of sp³-hybridized carbons (Fsp3) is 0.200. The summed E-state index contributed by atoms with van der Waals surface area (Å²) in [5.41, 5.74) is 0.214. The first kappa shape index (κ1) is 20.5. The molecule has 0 aliphatic carbocycles. The fourth-order valence-electron chi connectivity index (χ4n) is 4.31. The Morgan fingerprint density at radius 1 is 1.09 bits per heavy atom. The lowest BCUT2D eigenvalue weighted by Gasteiger charge is -2.28. The number of nitrogens with zero attached hydrogens (tertiary/aromatic N) is 1. The van der Waals surface area contributed by atoms with Gasteiger partial charge in [-0.05, 0) is 48.0 Å². The Kier molecular flexibility index (Phi) is 4.92. The van der Waals surface area contributed by atoms with Crippen LogP contribution < -0.4 is 14.4 Å². The highest BCUT2D eigenvalue weighted by atomic mass is 35.5. The molecule has 1 N–H and O–H groups in total. The Bertz CT molecular complexity index is 1230. The highest BCUT2D eigenvalue weighted by Gasteiger charge is 2.55. The third-order valence-corrected chi connectivity index (χ3v) is 6.36. The number of aliphatic hydroxyl groups is 1. The van der Waals surface area contributed by atoms with E-state index >= 15 is 0 Å². The van der Waals surface area contributed by atoms with Crippen molar-refractivity contribution in [3.05, 3.63) is 88.4 Å². The molecule has 0 aromatic heterocycles. The van der Waals surface area contributed by atoms with Gasteiger partial charge in [0.05, 0.1) is 18.2 Å². The van der Waals surface area contributed by atoms with Crippen LogP contribution in [0, 0.1) is 5.92 Å². The van der Waals surface area contributed by atoms with Gasteiger partial charge in [0.25, 0.3) is 5.91 Å². The molecule has 0 radical (unpaired) electrons. The van der Waals surface area contributed by atoms with Crippen LogP contribution in [0.15, 0.2) is 66.7 Å². The quantitative estimate of drug-likeness (QED) is 0.587. The van der Waals surface area contributed by atoms with Crippen molar-refractivity contribution >= 4 is 29.0 Å². The number of Topliss-reactive ketones (excluding diaryl/α,β-unsaturated/α-hetero) is 1. The zero-order valence-corrected chi connectivity index (χ0v) is 18.0. The van der Waals surface area contributed by atoms with Crippen LogP contribution in [0.2, 0.25) is 5.02 Å². The monoisotopic (exact) mass is 449 g/mol. The average Bonchev–Trinajstić information content (AvgIpc) is 3.36. The number of hydrogen-bond donors (Lipinski definition) is 1. The van der Waals surface area contributed by atoms with Crippen LogP contribution in [0.4, 0.5) is 5.69 Å². The minimum Gasteiger partial charge on any atom is -0.454 e. The summed E-state index contributed by atoms with van der Waals surface area (Å²) in [7, 11) is 0.